The molecule has 0 bridgehead atoms. The summed E-state index contributed by atoms with van der Waals surface area (Å²) in [4.78, 5) is 9.99. The average molecular weight is 308 g/mol. The summed E-state index contributed by atoms with van der Waals surface area (Å²) in [6, 6.07) is 0. The maximum absolute atomic E-state index is 12.0. The van der Waals surface area contributed by atoms with Crippen LogP contribution >= 0.6 is 8.15 Å². The van der Waals surface area contributed by atoms with E-state index in [2.05, 4.69) is 0 Å². The van der Waals surface area contributed by atoms with Crippen LogP contribution in [0, 0.1) is 0 Å². The Morgan fingerprint density at radius 2 is 0.765 bits per heavy atom. The van der Waals surface area contributed by atoms with Gasteiger partial charge in [-0.3, -0.25) is 0 Å². The van der Waals surface area contributed by atoms with Crippen LogP contribution in [0.4, 0.5) is 43.9 Å². The Bertz CT molecular complexity index is 232. The van der Waals surface area contributed by atoms with Crippen LogP contribution in [0.25, 0.3) is 0 Å². The SMILES string of the molecule is [Na+].[O-]P(C(F)(F)C(F)(F)F)C(F)(F)C(F)(F)F. The summed E-state index contributed by atoms with van der Waals surface area (Å²) in [6.07, 6.45) is -13.5. The molecule has 0 radical (unpaired) electrons. The first-order valence-corrected chi connectivity index (χ1v) is 4.28. The summed E-state index contributed by atoms with van der Waals surface area (Å²) in [5.74, 6) is 0. The number of halogens is 10. The molecule has 0 aromatic rings. The summed E-state index contributed by atoms with van der Waals surface area (Å²) >= 11 is 0. The van der Waals surface area contributed by atoms with Crippen molar-refractivity contribution in [2.24, 2.45) is 0 Å². The second kappa shape index (κ2) is 5.36. The van der Waals surface area contributed by atoms with E-state index in [9.17, 15) is 48.8 Å². The molecule has 0 saturated heterocycles. The quantitative estimate of drug-likeness (QED) is 0.402. The zero-order valence-corrected chi connectivity index (χ0v) is 10.5. The molecule has 17 heavy (non-hydrogen) atoms. The molecule has 1 nitrogen and oxygen atoms in total. The average Bonchev–Trinajstić information content (AvgIpc) is 1.98. The number of alkyl halides is 10. The van der Waals surface area contributed by atoms with Crippen LogP contribution < -0.4 is 34.5 Å². The smallest absolute Gasteiger partial charge is 0.820 e. The molecule has 0 heterocycles. The van der Waals surface area contributed by atoms with E-state index in [-0.39, 0.29) is 29.6 Å². The molecule has 0 saturated carbocycles. The Morgan fingerprint density at radius 3 is 0.882 bits per heavy atom. The normalized spacial score (nSPS) is 14.8. The minimum absolute atomic E-state index is 0. The molecule has 0 aromatic carbocycles. The largest absolute Gasteiger partial charge is 1.00 e. The standard InChI is InChI=1S/C4F10OP.Na/c5-1(6,7)3(11,12)16(15)4(13,14)2(8,9)10;/q-1;+1. The molecule has 98 valence electrons. The van der Waals surface area contributed by atoms with Gasteiger partial charge in [-0.05, 0) is 8.15 Å². The molecule has 0 rings (SSSR count). The van der Waals surface area contributed by atoms with Gasteiger partial charge in [-0.15, -0.1) is 0 Å². The molecular weight excluding hydrogens is 308 g/mol. The van der Waals surface area contributed by atoms with E-state index in [1.165, 1.54) is 0 Å². The second-order valence-electron chi connectivity index (χ2n) is 2.37. The monoisotopic (exact) mass is 308 g/mol. The fraction of sp³-hybridized carbons (Fsp3) is 1.00. The number of hydrogen-bond acceptors (Lipinski definition) is 1. The fourth-order valence-corrected chi connectivity index (χ4v) is 1.22. The molecule has 0 atom stereocenters. The third kappa shape index (κ3) is 3.82. The molecule has 13 heteroatoms. The first-order valence-electron chi connectivity index (χ1n) is 3.02. The Morgan fingerprint density at radius 1 is 0.588 bits per heavy atom. The van der Waals surface area contributed by atoms with E-state index in [4.69, 9.17) is 0 Å². The molecule has 0 N–H and O–H groups in total. The van der Waals surface area contributed by atoms with Gasteiger partial charge in [-0.1, -0.05) is 0 Å². The van der Waals surface area contributed by atoms with Crippen molar-refractivity contribution in [2.45, 2.75) is 23.7 Å². The second-order valence-corrected chi connectivity index (χ2v) is 4.08. The third-order valence-electron chi connectivity index (χ3n) is 1.19. The van der Waals surface area contributed by atoms with Gasteiger partial charge in [-0.25, -0.2) is 0 Å². The zero-order chi connectivity index (χ0) is 13.6. The Balaban J connectivity index is 0. The zero-order valence-electron chi connectivity index (χ0n) is 7.64. The van der Waals surface area contributed by atoms with Crippen molar-refractivity contribution in [1.82, 2.24) is 0 Å². The van der Waals surface area contributed by atoms with Crippen molar-refractivity contribution in [3.05, 3.63) is 0 Å². The van der Waals surface area contributed by atoms with Crippen molar-refractivity contribution >= 4 is 8.15 Å². The molecular formula is C4F10NaOP. The van der Waals surface area contributed by atoms with Crippen LogP contribution in [-0.2, 0) is 0 Å². The summed E-state index contributed by atoms with van der Waals surface area (Å²) in [7, 11) is -6.21. The Kier molecular flexibility index (Phi) is 6.31. The van der Waals surface area contributed by atoms with Crippen molar-refractivity contribution in [3.63, 3.8) is 0 Å². The maximum atomic E-state index is 12.0. The molecule has 0 spiro atoms. The van der Waals surface area contributed by atoms with E-state index >= 15 is 0 Å². The van der Waals surface area contributed by atoms with Crippen LogP contribution in [0.15, 0.2) is 0 Å². The van der Waals surface area contributed by atoms with Gasteiger partial charge in [0.25, 0.3) is 0 Å². The topological polar surface area (TPSA) is 23.1 Å². The maximum Gasteiger partial charge on any atom is 1.00 e. The Hall–Kier alpha value is 0.690. The van der Waals surface area contributed by atoms with E-state index in [1.54, 1.807) is 0 Å². The van der Waals surface area contributed by atoms with Gasteiger partial charge in [0.05, 0.1) is 0 Å². The van der Waals surface area contributed by atoms with Crippen molar-refractivity contribution in [3.8, 4) is 0 Å². The summed E-state index contributed by atoms with van der Waals surface area (Å²) in [5.41, 5.74) is -13.2. The van der Waals surface area contributed by atoms with Gasteiger partial charge in [-0.2, -0.15) is 43.9 Å². The molecule has 0 aliphatic rings. The minimum Gasteiger partial charge on any atom is -0.820 e. The number of rotatable bonds is 2. The molecule has 0 amide bonds. The van der Waals surface area contributed by atoms with Crippen LogP contribution in [-0.4, -0.2) is 23.7 Å². The van der Waals surface area contributed by atoms with Crippen molar-refractivity contribution in [2.75, 3.05) is 0 Å². The van der Waals surface area contributed by atoms with Crippen LogP contribution in [0.1, 0.15) is 0 Å². The van der Waals surface area contributed by atoms with Crippen LogP contribution in [0.5, 0.6) is 0 Å². The van der Waals surface area contributed by atoms with Gasteiger partial charge in [0.1, 0.15) is 0 Å². The van der Waals surface area contributed by atoms with Gasteiger partial charge >= 0.3 is 53.2 Å². The van der Waals surface area contributed by atoms with Gasteiger partial charge in [0, 0.05) is 0 Å². The van der Waals surface area contributed by atoms with Crippen LogP contribution in [0.3, 0.4) is 0 Å². The van der Waals surface area contributed by atoms with Crippen molar-refractivity contribution < 1.29 is 78.4 Å². The molecule has 0 aliphatic heterocycles. The first-order chi connectivity index (χ1) is 6.65. The number of hydrogen-bond donors (Lipinski definition) is 0. The van der Waals surface area contributed by atoms with E-state index in [0.717, 1.165) is 0 Å². The van der Waals surface area contributed by atoms with E-state index in [0.29, 0.717) is 0 Å². The van der Waals surface area contributed by atoms with Crippen molar-refractivity contribution in [1.29, 1.82) is 0 Å². The third-order valence-corrected chi connectivity index (χ3v) is 2.72. The van der Waals surface area contributed by atoms with Gasteiger partial charge in [0.15, 0.2) is 0 Å². The molecule has 0 aromatic heterocycles. The summed E-state index contributed by atoms with van der Waals surface area (Å²) < 4.78 is 116. The minimum atomic E-state index is -6.75. The van der Waals surface area contributed by atoms with E-state index in [1.807, 2.05) is 0 Å². The fourth-order valence-electron chi connectivity index (χ4n) is 0.407. The molecule has 0 unspecified atom stereocenters. The molecule has 0 aliphatic carbocycles. The predicted octanol–water partition coefficient (Wildman–Crippen LogP) is 0.0578. The van der Waals surface area contributed by atoms with Crippen LogP contribution in [0.2, 0.25) is 0 Å². The summed E-state index contributed by atoms with van der Waals surface area (Å²) in [6.45, 7) is 0. The Labute approximate surface area is 110 Å². The van der Waals surface area contributed by atoms with E-state index < -0.39 is 31.8 Å². The predicted molar refractivity (Wildman–Crippen MR) is 28.9 cm³/mol. The molecule has 0 fully saturated rings. The summed E-state index contributed by atoms with van der Waals surface area (Å²) in [5, 5.41) is 0. The van der Waals surface area contributed by atoms with Gasteiger partial charge in [0.2, 0.25) is 0 Å². The first kappa shape index (κ1) is 20.0. The van der Waals surface area contributed by atoms with Gasteiger partial charge < -0.3 is 4.89 Å².